The fraction of sp³-hybridized carbons (Fsp3) is 0.500. The lowest BCUT2D eigenvalue weighted by Gasteiger charge is -2.15. The number of nitrogens with two attached hydrogens (primary N) is 1. The van der Waals surface area contributed by atoms with Gasteiger partial charge >= 0.3 is 5.69 Å². The first-order chi connectivity index (χ1) is 9.97. The molecule has 7 heteroatoms. The van der Waals surface area contributed by atoms with Gasteiger partial charge in [0.1, 0.15) is 0 Å². The number of nitro benzene ring substituents is 1. The van der Waals surface area contributed by atoms with Crippen LogP contribution in [0.3, 0.4) is 0 Å². The Kier molecular flexibility index (Phi) is 6.61. The van der Waals surface area contributed by atoms with Crippen LogP contribution >= 0.6 is 0 Å². The van der Waals surface area contributed by atoms with Gasteiger partial charge in [0.15, 0.2) is 5.75 Å². The Bertz CT molecular complexity index is 505. The van der Waals surface area contributed by atoms with Gasteiger partial charge in [0, 0.05) is 12.0 Å². The average molecular weight is 295 g/mol. The van der Waals surface area contributed by atoms with E-state index in [0.717, 1.165) is 6.42 Å². The molecular weight excluding hydrogens is 274 g/mol. The minimum Gasteiger partial charge on any atom is -0.487 e. The molecule has 1 rings (SSSR count). The number of ether oxygens (including phenoxy) is 1. The third kappa shape index (κ3) is 5.03. The van der Waals surface area contributed by atoms with E-state index in [-0.39, 0.29) is 18.0 Å². The van der Waals surface area contributed by atoms with Gasteiger partial charge in [0.2, 0.25) is 5.91 Å². The van der Waals surface area contributed by atoms with Crippen LogP contribution in [-0.4, -0.2) is 30.0 Å². The number of carbonyl (C=O) groups excluding carboxylic acids is 1. The lowest BCUT2D eigenvalue weighted by Crippen LogP contribution is -2.42. The van der Waals surface area contributed by atoms with Crippen molar-refractivity contribution in [1.82, 2.24) is 5.32 Å². The highest BCUT2D eigenvalue weighted by molar-refractivity contribution is 5.79. The number of hydrogen-bond acceptors (Lipinski definition) is 5. The van der Waals surface area contributed by atoms with E-state index >= 15 is 0 Å². The lowest BCUT2D eigenvalue weighted by molar-refractivity contribution is -0.386. The molecule has 116 valence electrons. The Labute approximate surface area is 123 Å². The molecule has 0 aromatic heterocycles. The van der Waals surface area contributed by atoms with Gasteiger partial charge in [0.05, 0.1) is 17.6 Å². The summed E-state index contributed by atoms with van der Waals surface area (Å²) >= 11 is 0. The van der Waals surface area contributed by atoms with Gasteiger partial charge < -0.3 is 15.8 Å². The summed E-state index contributed by atoms with van der Waals surface area (Å²) < 4.78 is 5.45. The maximum Gasteiger partial charge on any atom is 0.313 e. The zero-order valence-electron chi connectivity index (χ0n) is 12.3. The Morgan fingerprint density at radius 2 is 2.24 bits per heavy atom. The van der Waals surface area contributed by atoms with Crippen LogP contribution in [0.1, 0.15) is 25.3 Å². The molecule has 0 aliphatic carbocycles. The highest BCUT2D eigenvalue weighted by Gasteiger charge is 2.19. The largest absolute Gasteiger partial charge is 0.487 e. The third-order valence-electron chi connectivity index (χ3n) is 3.03. The second-order valence-electron chi connectivity index (χ2n) is 4.72. The van der Waals surface area contributed by atoms with Crippen LogP contribution in [-0.2, 0) is 4.79 Å². The van der Waals surface area contributed by atoms with Gasteiger partial charge in [-0.2, -0.15) is 0 Å². The second kappa shape index (κ2) is 8.21. The number of amides is 1. The van der Waals surface area contributed by atoms with Crippen LogP contribution in [0.4, 0.5) is 5.69 Å². The van der Waals surface area contributed by atoms with Crippen molar-refractivity contribution in [2.24, 2.45) is 5.73 Å². The summed E-state index contributed by atoms with van der Waals surface area (Å²) in [5.41, 5.74) is 5.78. The van der Waals surface area contributed by atoms with Crippen LogP contribution in [0, 0.1) is 17.0 Å². The molecule has 1 aromatic rings. The van der Waals surface area contributed by atoms with Gasteiger partial charge in [-0.05, 0) is 26.0 Å². The summed E-state index contributed by atoms with van der Waals surface area (Å²) in [4.78, 5) is 21.8. The lowest BCUT2D eigenvalue weighted by atomic mass is 10.2. The number of primary amides is 1. The van der Waals surface area contributed by atoms with E-state index in [1.807, 2.05) is 6.92 Å². The Morgan fingerprint density at radius 3 is 2.81 bits per heavy atom. The van der Waals surface area contributed by atoms with Crippen LogP contribution in [0.2, 0.25) is 0 Å². The van der Waals surface area contributed by atoms with Crippen LogP contribution in [0.5, 0.6) is 5.75 Å². The maximum atomic E-state index is 11.3. The zero-order chi connectivity index (χ0) is 15.8. The number of nitrogens with zero attached hydrogens (tertiary/aromatic N) is 1. The number of hydrogen-bond donors (Lipinski definition) is 2. The fourth-order valence-corrected chi connectivity index (χ4v) is 1.93. The molecule has 0 heterocycles. The van der Waals surface area contributed by atoms with Crippen molar-refractivity contribution in [3.8, 4) is 5.75 Å². The van der Waals surface area contributed by atoms with Gasteiger partial charge in [0.25, 0.3) is 0 Å². The van der Waals surface area contributed by atoms with Gasteiger partial charge in [-0.25, -0.2) is 0 Å². The highest BCUT2D eigenvalue weighted by atomic mass is 16.6. The number of nitro groups is 1. The molecule has 0 aliphatic heterocycles. The predicted octanol–water partition coefficient (Wildman–Crippen LogP) is 1.53. The molecule has 7 nitrogen and oxygen atoms in total. The summed E-state index contributed by atoms with van der Waals surface area (Å²) in [6.07, 6.45) is 1.24. The summed E-state index contributed by atoms with van der Waals surface area (Å²) in [5.74, 6) is -0.246. The molecule has 0 radical (unpaired) electrons. The van der Waals surface area contributed by atoms with Crippen molar-refractivity contribution in [3.05, 3.63) is 33.9 Å². The quantitative estimate of drug-likeness (QED) is 0.530. The van der Waals surface area contributed by atoms with Crippen molar-refractivity contribution < 1.29 is 14.5 Å². The highest BCUT2D eigenvalue weighted by Crippen LogP contribution is 2.30. The summed E-state index contributed by atoms with van der Waals surface area (Å²) in [7, 11) is 0. The van der Waals surface area contributed by atoms with Crippen molar-refractivity contribution in [1.29, 1.82) is 0 Å². The van der Waals surface area contributed by atoms with Gasteiger partial charge in [-0.15, -0.1) is 0 Å². The standard InChI is InChI=1S/C14H21N3O4/c1-3-8-16-11(14(15)18)7-9-21-12-6-4-5-10(2)13(12)17(19)20/h4-6,11,16H,3,7-9H2,1-2H3,(H2,15,18). The first kappa shape index (κ1) is 16.9. The number of nitrogens with one attached hydrogen (secondary N) is 1. The minimum atomic E-state index is -0.492. The molecule has 21 heavy (non-hydrogen) atoms. The molecule has 0 saturated carbocycles. The molecule has 1 aromatic carbocycles. The second-order valence-corrected chi connectivity index (χ2v) is 4.72. The average Bonchev–Trinajstić information content (AvgIpc) is 2.41. The number of aryl methyl sites for hydroxylation is 1. The van der Waals surface area contributed by atoms with E-state index in [1.165, 1.54) is 0 Å². The van der Waals surface area contributed by atoms with Crippen molar-refractivity contribution in [2.75, 3.05) is 13.2 Å². The molecular formula is C14H21N3O4. The van der Waals surface area contributed by atoms with E-state index in [4.69, 9.17) is 10.5 Å². The van der Waals surface area contributed by atoms with Gasteiger partial charge in [-0.3, -0.25) is 14.9 Å². The van der Waals surface area contributed by atoms with E-state index in [0.29, 0.717) is 18.5 Å². The molecule has 0 spiro atoms. The summed E-state index contributed by atoms with van der Waals surface area (Å²) in [5, 5.41) is 14.0. The molecule has 0 aliphatic rings. The number of para-hydroxylation sites is 1. The fourth-order valence-electron chi connectivity index (χ4n) is 1.93. The predicted molar refractivity (Wildman–Crippen MR) is 79.2 cm³/mol. The summed E-state index contributed by atoms with van der Waals surface area (Å²) in [6.45, 7) is 4.49. The van der Waals surface area contributed by atoms with Crippen LogP contribution in [0.25, 0.3) is 0 Å². The molecule has 0 bridgehead atoms. The van der Waals surface area contributed by atoms with E-state index in [9.17, 15) is 14.9 Å². The smallest absolute Gasteiger partial charge is 0.313 e. The molecule has 1 unspecified atom stereocenters. The molecule has 0 saturated heterocycles. The van der Waals surface area contributed by atoms with Crippen molar-refractivity contribution in [3.63, 3.8) is 0 Å². The Hall–Kier alpha value is -2.15. The number of carbonyl (C=O) groups is 1. The zero-order valence-corrected chi connectivity index (χ0v) is 12.3. The minimum absolute atomic E-state index is 0.0466. The summed E-state index contributed by atoms with van der Waals surface area (Å²) in [6, 6.07) is 4.40. The molecule has 1 amide bonds. The number of benzene rings is 1. The van der Waals surface area contributed by atoms with E-state index in [1.54, 1.807) is 25.1 Å². The molecule has 1 atom stereocenters. The monoisotopic (exact) mass is 295 g/mol. The molecule has 0 fully saturated rings. The SMILES string of the molecule is CCCNC(CCOc1cccc(C)c1[N+](=O)[O-])C(N)=O. The first-order valence-corrected chi connectivity index (χ1v) is 6.86. The van der Waals surface area contributed by atoms with Crippen molar-refractivity contribution >= 4 is 11.6 Å². The Morgan fingerprint density at radius 1 is 1.52 bits per heavy atom. The van der Waals surface area contributed by atoms with Crippen LogP contribution in [0.15, 0.2) is 18.2 Å². The normalized spacial score (nSPS) is 11.9. The Balaban J connectivity index is 2.65. The van der Waals surface area contributed by atoms with Crippen LogP contribution < -0.4 is 15.8 Å². The molecule has 3 N–H and O–H groups in total. The topological polar surface area (TPSA) is 107 Å². The van der Waals surface area contributed by atoms with E-state index in [2.05, 4.69) is 5.32 Å². The first-order valence-electron chi connectivity index (χ1n) is 6.86. The van der Waals surface area contributed by atoms with Crippen molar-refractivity contribution in [2.45, 2.75) is 32.7 Å². The maximum absolute atomic E-state index is 11.3. The van der Waals surface area contributed by atoms with E-state index < -0.39 is 16.9 Å². The number of rotatable bonds is 9. The van der Waals surface area contributed by atoms with Gasteiger partial charge in [-0.1, -0.05) is 19.1 Å². The third-order valence-corrected chi connectivity index (χ3v) is 3.03.